The summed E-state index contributed by atoms with van der Waals surface area (Å²) in [4.78, 5) is 26.1. The molecule has 2 rings (SSSR count). The van der Waals surface area contributed by atoms with Gasteiger partial charge >= 0.3 is 5.97 Å². The van der Waals surface area contributed by atoms with E-state index >= 15 is 0 Å². The molecular formula is C7H4N2O3S. The third-order valence-corrected chi connectivity index (χ3v) is 2.49. The lowest BCUT2D eigenvalue weighted by Crippen LogP contribution is -2.09. The number of fused-ring (bicyclic) bond motifs is 1. The second-order valence-corrected chi connectivity index (χ2v) is 3.35. The van der Waals surface area contributed by atoms with Crippen LogP contribution in [0.2, 0.25) is 0 Å². The first kappa shape index (κ1) is 7.93. The van der Waals surface area contributed by atoms with Crippen molar-refractivity contribution in [3.63, 3.8) is 0 Å². The van der Waals surface area contributed by atoms with Gasteiger partial charge in [-0.05, 0) is 0 Å². The summed E-state index contributed by atoms with van der Waals surface area (Å²) in [5.41, 5.74) is -0.270. The third-order valence-electron chi connectivity index (χ3n) is 1.50. The largest absolute Gasteiger partial charge is 0.477 e. The third kappa shape index (κ3) is 1.20. The van der Waals surface area contributed by atoms with Gasteiger partial charge in [0.2, 0.25) is 0 Å². The molecule has 0 spiro atoms. The maximum Gasteiger partial charge on any atom is 0.347 e. The molecule has 66 valence electrons. The van der Waals surface area contributed by atoms with E-state index in [1.807, 2.05) is 0 Å². The summed E-state index contributed by atoms with van der Waals surface area (Å²) in [6.07, 6.45) is 2.64. The fraction of sp³-hybridized carbons (Fsp3) is 0. The molecule has 0 radical (unpaired) electrons. The van der Waals surface area contributed by atoms with E-state index in [2.05, 4.69) is 4.98 Å². The van der Waals surface area contributed by atoms with Crippen LogP contribution in [0.3, 0.4) is 0 Å². The molecule has 5 nitrogen and oxygen atoms in total. The van der Waals surface area contributed by atoms with Crippen LogP contribution in [0.15, 0.2) is 23.3 Å². The van der Waals surface area contributed by atoms with Gasteiger partial charge in [-0.1, -0.05) is 11.3 Å². The van der Waals surface area contributed by atoms with Gasteiger partial charge < -0.3 is 5.11 Å². The highest BCUT2D eigenvalue weighted by molar-refractivity contribution is 7.18. The lowest BCUT2D eigenvalue weighted by molar-refractivity contribution is 0.0702. The van der Waals surface area contributed by atoms with E-state index in [0.29, 0.717) is 4.96 Å². The van der Waals surface area contributed by atoms with Gasteiger partial charge in [-0.25, -0.2) is 9.78 Å². The number of rotatable bonds is 1. The number of aromatic nitrogens is 2. The van der Waals surface area contributed by atoms with Gasteiger partial charge in [0.15, 0.2) is 4.96 Å². The van der Waals surface area contributed by atoms with Crippen LogP contribution in [0.25, 0.3) is 4.96 Å². The first-order valence-corrected chi connectivity index (χ1v) is 4.20. The van der Waals surface area contributed by atoms with E-state index in [9.17, 15) is 9.59 Å². The topological polar surface area (TPSA) is 71.7 Å². The normalized spacial score (nSPS) is 10.5. The number of hydrogen-bond acceptors (Lipinski definition) is 4. The van der Waals surface area contributed by atoms with Crippen LogP contribution in [0.1, 0.15) is 9.67 Å². The van der Waals surface area contributed by atoms with Crippen molar-refractivity contribution in [2.45, 2.75) is 0 Å². The smallest absolute Gasteiger partial charge is 0.347 e. The van der Waals surface area contributed by atoms with Crippen LogP contribution in [0, 0.1) is 0 Å². The number of carbonyl (C=O) groups is 1. The average molecular weight is 196 g/mol. The van der Waals surface area contributed by atoms with E-state index in [4.69, 9.17) is 5.11 Å². The highest BCUT2D eigenvalue weighted by Crippen LogP contribution is 2.13. The van der Waals surface area contributed by atoms with Crippen molar-refractivity contribution in [1.82, 2.24) is 9.38 Å². The number of aromatic carboxylic acids is 1. The first-order chi connectivity index (χ1) is 6.18. The standard InChI is InChI=1S/C7H4N2O3S/c10-5-1-2-8-7-9(5)3-4(13-7)6(11)12/h1-3H,(H,11,12). The summed E-state index contributed by atoms with van der Waals surface area (Å²) in [5, 5.41) is 8.64. The minimum Gasteiger partial charge on any atom is -0.477 e. The highest BCUT2D eigenvalue weighted by Gasteiger charge is 2.09. The van der Waals surface area contributed by atoms with Crippen LogP contribution < -0.4 is 5.56 Å². The number of hydrogen-bond donors (Lipinski definition) is 1. The minimum absolute atomic E-state index is 0.107. The minimum atomic E-state index is -1.05. The molecule has 0 atom stereocenters. The van der Waals surface area contributed by atoms with Gasteiger partial charge in [-0.3, -0.25) is 9.20 Å². The molecule has 2 aromatic rings. The summed E-state index contributed by atoms with van der Waals surface area (Å²) in [7, 11) is 0. The summed E-state index contributed by atoms with van der Waals surface area (Å²) < 4.78 is 1.22. The predicted octanol–water partition coefficient (Wildman–Crippen LogP) is 0.454. The van der Waals surface area contributed by atoms with Gasteiger partial charge in [0.25, 0.3) is 5.56 Å². The molecule has 6 heteroatoms. The molecule has 2 aromatic heterocycles. The van der Waals surface area contributed by atoms with Crippen molar-refractivity contribution >= 4 is 22.3 Å². The molecule has 0 unspecified atom stereocenters. The maximum absolute atomic E-state index is 11.2. The SMILES string of the molecule is O=C(O)c1cn2c(=O)ccnc2s1. The van der Waals surface area contributed by atoms with Crippen molar-refractivity contribution in [2.75, 3.05) is 0 Å². The molecule has 0 amide bonds. The molecular weight excluding hydrogens is 192 g/mol. The maximum atomic E-state index is 11.2. The Morgan fingerprint density at radius 1 is 1.62 bits per heavy atom. The average Bonchev–Trinajstić information content (AvgIpc) is 2.49. The fourth-order valence-corrected chi connectivity index (χ4v) is 1.73. The molecule has 2 heterocycles. The van der Waals surface area contributed by atoms with Gasteiger partial charge in [0, 0.05) is 18.5 Å². The zero-order valence-corrected chi connectivity index (χ0v) is 7.11. The number of thiazole rings is 1. The Kier molecular flexibility index (Phi) is 1.63. The summed E-state index contributed by atoms with van der Waals surface area (Å²) in [6, 6.07) is 1.28. The molecule has 1 N–H and O–H groups in total. The van der Waals surface area contributed by atoms with Crippen LogP contribution in [0.4, 0.5) is 0 Å². The summed E-state index contributed by atoms with van der Waals surface area (Å²) >= 11 is 0.972. The Labute approximate surface area is 75.9 Å². The van der Waals surface area contributed by atoms with Crippen molar-refractivity contribution in [3.05, 3.63) is 33.7 Å². The predicted molar refractivity (Wildman–Crippen MR) is 46.3 cm³/mol. The Hall–Kier alpha value is -1.69. The van der Waals surface area contributed by atoms with Crippen molar-refractivity contribution < 1.29 is 9.90 Å². The van der Waals surface area contributed by atoms with Gasteiger partial charge in [0.05, 0.1) is 0 Å². The van der Waals surface area contributed by atoms with Crippen LogP contribution in [-0.2, 0) is 0 Å². The fourth-order valence-electron chi connectivity index (χ4n) is 0.937. The van der Waals surface area contributed by atoms with E-state index in [1.165, 1.54) is 22.9 Å². The molecule has 0 aliphatic heterocycles. The van der Waals surface area contributed by atoms with E-state index < -0.39 is 5.97 Å². The lowest BCUT2D eigenvalue weighted by Gasteiger charge is -1.85. The van der Waals surface area contributed by atoms with Crippen molar-refractivity contribution in [2.24, 2.45) is 0 Å². The highest BCUT2D eigenvalue weighted by atomic mass is 32.1. The molecule has 0 aromatic carbocycles. The molecule has 0 saturated heterocycles. The molecule has 0 saturated carbocycles. The molecule has 0 aliphatic carbocycles. The van der Waals surface area contributed by atoms with Crippen LogP contribution >= 0.6 is 11.3 Å². The Morgan fingerprint density at radius 2 is 2.38 bits per heavy atom. The molecule has 13 heavy (non-hydrogen) atoms. The number of carboxylic acid groups (broad SMARTS) is 1. The van der Waals surface area contributed by atoms with Gasteiger partial charge in [0.1, 0.15) is 4.88 Å². The van der Waals surface area contributed by atoms with E-state index in [-0.39, 0.29) is 10.4 Å². The Balaban J connectivity index is 2.83. The molecule has 0 aliphatic rings. The zero-order valence-electron chi connectivity index (χ0n) is 6.30. The van der Waals surface area contributed by atoms with E-state index in [0.717, 1.165) is 11.3 Å². The van der Waals surface area contributed by atoms with E-state index in [1.54, 1.807) is 0 Å². The second kappa shape index (κ2) is 2.67. The van der Waals surface area contributed by atoms with Gasteiger partial charge in [-0.2, -0.15) is 0 Å². The zero-order chi connectivity index (χ0) is 9.42. The monoisotopic (exact) mass is 196 g/mol. The molecule has 0 bridgehead atoms. The van der Waals surface area contributed by atoms with Gasteiger partial charge in [-0.15, -0.1) is 0 Å². The quantitative estimate of drug-likeness (QED) is 0.719. The Morgan fingerprint density at radius 3 is 3.00 bits per heavy atom. The lowest BCUT2D eigenvalue weighted by atomic mass is 10.5. The number of nitrogens with zero attached hydrogens (tertiary/aromatic N) is 2. The van der Waals surface area contributed by atoms with Crippen molar-refractivity contribution in [3.8, 4) is 0 Å². The second-order valence-electron chi connectivity index (χ2n) is 2.34. The summed E-state index contributed by atoms with van der Waals surface area (Å²) in [5.74, 6) is -1.05. The van der Waals surface area contributed by atoms with Crippen LogP contribution in [0.5, 0.6) is 0 Å². The first-order valence-electron chi connectivity index (χ1n) is 3.39. The van der Waals surface area contributed by atoms with Crippen LogP contribution in [-0.4, -0.2) is 20.5 Å². The Bertz CT molecular complexity index is 528. The summed E-state index contributed by atoms with van der Waals surface area (Å²) in [6.45, 7) is 0. The van der Waals surface area contributed by atoms with Crippen molar-refractivity contribution in [1.29, 1.82) is 0 Å². The molecule has 0 fully saturated rings. The number of carboxylic acids is 1.